The number of aromatic amines is 1. The number of rotatable bonds is 6. The van der Waals surface area contributed by atoms with Crippen molar-refractivity contribution < 1.29 is 55.1 Å². The molecule has 42 heavy (non-hydrogen) atoms. The fourth-order valence-electron chi connectivity index (χ4n) is 1.37. The number of amides is 6. The molecule has 0 aliphatic heterocycles. The van der Waals surface area contributed by atoms with Crippen molar-refractivity contribution in [1.29, 1.82) is 0 Å². The van der Waals surface area contributed by atoms with E-state index >= 15 is 0 Å². The van der Waals surface area contributed by atoms with E-state index in [1.165, 1.54) is 18.4 Å². The number of primary amides is 3. The Morgan fingerprint density at radius 2 is 1.43 bits per heavy atom. The van der Waals surface area contributed by atoms with E-state index in [4.69, 9.17) is 0 Å². The first-order valence-electron chi connectivity index (χ1n) is 10.2. The highest BCUT2D eigenvalue weighted by Crippen LogP contribution is 2.24. The van der Waals surface area contributed by atoms with Gasteiger partial charge in [0.25, 0.3) is 11.3 Å². The predicted molar refractivity (Wildman–Crippen MR) is 131 cm³/mol. The van der Waals surface area contributed by atoms with Crippen molar-refractivity contribution in [3.05, 3.63) is 39.8 Å². The number of ether oxygens (including phenoxy) is 1. The number of nitrogens with two attached hydrogens (primary N) is 4. The van der Waals surface area contributed by atoms with Gasteiger partial charge in [0.05, 0.1) is 24.6 Å². The first-order valence-corrected chi connectivity index (χ1v) is 10.2. The molecule has 0 fully saturated rings. The molecule has 0 aromatic carbocycles. The maximum Gasteiger partial charge on any atom is 0.455 e. The van der Waals surface area contributed by atoms with Crippen LogP contribution in [0.1, 0.15) is 12.5 Å². The summed E-state index contributed by atoms with van der Waals surface area (Å²) in [5.74, 6) is 1.11. The summed E-state index contributed by atoms with van der Waals surface area (Å²) in [6.07, 6.45) is -7.79. The number of nitrogens with zero attached hydrogens (tertiary/aromatic N) is 3. The number of urea groups is 3. The number of hydrogen-bond acceptors (Lipinski definition) is 11. The van der Waals surface area contributed by atoms with Crippen LogP contribution < -0.4 is 44.9 Å². The molecule has 12 N–H and O–H groups in total. The molecular weight excluding hydrogens is 596 g/mol. The summed E-state index contributed by atoms with van der Waals surface area (Å²) in [5, 5.41) is 11.3. The summed E-state index contributed by atoms with van der Waals surface area (Å²) < 4.78 is 75.5. The molecular formula is C18H25F6N11O7. The zero-order valence-electron chi connectivity index (χ0n) is 21.4. The van der Waals surface area contributed by atoms with Gasteiger partial charge < -0.3 is 21.9 Å². The third-order valence-electron chi connectivity index (χ3n) is 2.85. The number of hydrazine groups is 1. The zero-order chi connectivity index (χ0) is 33.5. The molecule has 0 aliphatic carbocycles. The number of aryl methyl sites for hydroxylation is 1. The lowest BCUT2D eigenvalue weighted by molar-refractivity contribution is -0.162. The van der Waals surface area contributed by atoms with Crippen molar-refractivity contribution in [3.63, 3.8) is 0 Å². The van der Waals surface area contributed by atoms with Gasteiger partial charge in [-0.2, -0.15) is 41.6 Å². The summed E-state index contributed by atoms with van der Waals surface area (Å²) in [5.41, 5.74) is 17.5. The van der Waals surface area contributed by atoms with Crippen molar-refractivity contribution >= 4 is 42.3 Å². The summed E-state index contributed by atoms with van der Waals surface area (Å²) in [7, 11) is 0. The number of carbonyl (C=O) groups excluding carboxylic acids is 5. The monoisotopic (exact) mass is 621 g/mol. The Kier molecular flexibility index (Phi) is 20.8. The van der Waals surface area contributed by atoms with E-state index in [0.29, 0.717) is 0 Å². The lowest BCUT2D eigenvalue weighted by Gasteiger charge is -2.06. The number of alkyl halides is 6. The van der Waals surface area contributed by atoms with Gasteiger partial charge in [0, 0.05) is 12.1 Å². The molecule has 1 rings (SSSR count). The summed E-state index contributed by atoms with van der Waals surface area (Å²) >= 11 is 0. The molecule has 0 unspecified atom stereocenters. The molecule has 0 atom stereocenters. The van der Waals surface area contributed by atoms with Crippen LogP contribution in [0.2, 0.25) is 0 Å². The molecule has 24 heteroatoms. The number of Topliss-reactive ketones (excluding diaryl/α,β-unsaturated/α-hetero) is 1. The van der Waals surface area contributed by atoms with Crippen LogP contribution in [0, 0.1) is 6.92 Å². The van der Waals surface area contributed by atoms with Gasteiger partial charge in [-0.1, -0.05) is 0 Å². The van der Waals surface area contributed by atoms with E-state index in [2.05, 4.69) is 48.2 Å². The molecule has 0 saturated heterocycles. The molecule has 0 spiro atoms. The lowest BCUT2D eigenvalue weighted by atomic mass is 10.2. The Hall–Kier alpha value is -5.55. The van der Waals surface area contributed by atoms with Crippen molar-refractivity contribution in [2.45, 2.75) is 26.2 Å². The number of allylic oxidation sites excluding steroid dienone is 1. The molecule has 1 aromatic rings. The third kappa shape index (κ3) is 27.5. The van der Waals surface area contributed by atoms with E-state index < -0.39 is 47.8 Å². The molecule has 6 amide bonds. The number of ketones is 1. The topological polar surface area (TPSA) is 305 Å². The van der Waals surface area contributed by atoms with Crippen LogP contribution in [0.3, 0.4) is 0 Å². The molecule has 1 heterocycles. The van der Waals surface area contributed by atoms with Crippen molar-refractivity contribution in [1.82, 2.24) is 26.5 Å². The third-order valence-corrected chi connectivity index (χ3v) is 2.85. The molecule has 0 radical (unpaired) electrons. The van der Waals surface area contributed by atoms with E-state index in [1.807, 2.05) is 6.92 Å². The number of H-pyrrole nitrogens is 1. The maximum absolute atomic E-state index is 12.3. The summed E-state index contributed by atoms with van der Waals surface area (Å²) in [6.45, 7) is 3.21. The van der Waals surface area contributed by atoms with E-state index in [1.54, 1.807) is 17.0 Å². The quantitative estimate of drug-likeness (QED) is 0.0369. The maximum atomic E-state index is 12.3. The van der Waals surface area contributed by atoms with Crippen LogP contribution >= 0.6 is 0 Å². The molecule has 0 saturated carbocycles. The molecule has 236 valence electrons. The van der Waals surface area contributed by atoms with Crippen LogP contribution in [0.5, 0.6) is 0 Å². The van der Waals surface area contributed by atoms with Crippen molar-refractivity contribution in [2.24, 2.45) is 33.2 Å². The number of carbonyl (C=O) groups is 5. The Morgan fingerprint density at radius 3 is 1.74 bits per heavy atom. The van der Waals surface area contributed by atoms with Gasteiger partial charge in [-0.15, -0.1) is 0 Å². The summed E-state index contributed by atoms with van der Waals surface area (Å²) in [4.78, 5) is 60.5. The van der Waals surface area contributed by atoms with E-state index in [-0.39, 0.29) is 30.7 Å². The Morgan fingerprint density at radius 1 is 0.952 bits per heavy atom. The van der Waals surface area contributed by atoms with Gasteiger partial charge in [0.1, 0.15) is 6.21 Å². The molecule has 1 aromatic heterocycles. The zero-order valence-corrected chi connectivity index (χ0v) is 21.4. The van der Waals surface area contributed by atoms with Crippen molar-refractivity contribution in [3.8, 4) is 0 Å². The number of esters is 1. The first kappa shape index (κ1) is 40.9. The second-order valence-corrected chi connectivity index (χ2v) is 6.31. The average molecular weight is 621 g/mol. The van der Waals surface area contributed by atoms with Gasteiger partial charge in [0.2, 0.25) is 0 Å². The normalized spacial score (nSPS) is 10.9. The van der Waals surface area contributed by atoms with Gasteiger partial charge in [-0.3, -0.25) is 15.0 Å². The highest BCUT2D eigenvalue weighted by Gasteiger charge is 2.37. The highest BCUT2D eigenvalue weighted by molar-refractivity contribution is 6.30. The van der Waals surface area contributed by atoms with Gasteiger partial charge in [0.15, 0.2) is 0 Å². The fraction of sp³-hybridized carbons (Fsp3) is 0.278. The van der Waals surface area contributed by atoms with Gasteiger partial charge in [-0.25, -0.2) is 41.0 Å². The average Bonchev–Trinajstić information content (AvgIpc) is 2.83. The Bertz CT molecular complexity index is 1180. The SMILES string of the molecule is CCOC(=O)C=C(C=NNC(N)=O)C(F)(F)F.Cc1cn[nH]c(=O)c1.NC(=O)NN=CC(=O)C(F)(F)F.NNC(N)=O. The minimum Gasteiger partial charge on any atom is -0.463 e. The van der Waals surface area contributed by atoms with Gasteiger partial charge >= 0.3 is 36.4 Å². The largest absolute Gasteiger partial charge is 0.463 e. The van der Waals surface area contributed by atoms with Gasteiger partial charge in [-0.05, 0) is 19.4 Å². The molecule has 0 aliphatic rings. The molecule has 0 bridgehead atoms. The highest BCUT2D eigenvalue weighted by atomic mass is 19.4. The van der Waals surface area contributed by atoms with Crippen LogP contribution in [0.25, 0.3) is 0 Å². The standard InChI is InChI=1S/C8H10F3N3O3.C5H6N2O.C4H4F3N3O2.CH5N3O/c1-2-17-6(15)3-5(8(9,10)11)4-13-14-7(12)16;1-4-2-5(8)7-6-3-4;5-4(6,7)2(11)1-9-10-3(8)12;2-1(5)4-3/h3-4H,2H2,1H3,(H3,12,14,16);2-3H,1H3,(H,7,8);1H,(H3,8,10,12);3H2,(H3,2,4,5). The fourth-order valence-corrected chi connectivity index (χ4v) is 1.37. The Labute approximate surface area is 230 Å². The predicted octanol–water partition coefficient (Wildman–Crippen LogP) is -0.929. The van der Waals surface area contributed by atoms with E-state index in [0.717, 1.165) is 5.56 Å². The second-order valence-electron chi connectivity index (χ2n) is 6.31. The number of aromatic nitrogens is 2. The first-order chi connectivity index (χ1) is 19.2. The smallest absolute Gasteiger partial charge is 0.455 e. The van der Waals surface area contributed by atoms with Crippen LogP contribution in [0.4, 0.5) is 40.7 Å². The second kappa shape index (κ2) is 21.3. The van der Waals surface area contributed by atoms with Crippen LogP contribution in [-0.2, 0) is 14.3 Å². The van der Waals surface area contributed by atoms with Crippen LogP contribution in [0.15, 0.2) is 38.9 Å². The minimum absolute atomic E-state index is 0.0584. The number of hydrazone groups is 2. The number of nitrogens with one attached hydrogen (secondary N) is 4. The number of halogens is 6. The summed E-state index contributed by atoms with van der Waals surface area (Å²) in [6, 6.07) is -1.50. The van der Waals surface area contributed by atoms with E-state index in [9.17, 15) is 55.1 Å². The number of hydrogen-bond donors (Lipinski definition) is 8. The molecule has 18 nitrogen and oxygen atoms in total. The van der Waals surface area contributed by atoms with Crippen LogP contribution in [-0.4, -0.2) is 71.4 Å². The minimum atomic E-state index is -4.98. The lowest BCUT2D eigenvalue weighted by Crippen LogP contribution is -2.34. The Balaban J connectivity index is -0.000000527. The van der Waals surface area contributed by atoms with Crippen molar-refractivity contribution in [2.75, 3.05) is 6.61 Å².